The second-order valence-electron chi connectivity index (χ2n) is 3.11. The van der Waals surface area contributed by atoms with Gasteiger partial charge >= 0.3 is 5.97 Å². The van der Waals surface area contributed by atoms with Gasteiger partial charge in [0.05, 0.1) is 6.42 Å². The summed E-state index contributed by atoms with van der Waals surface area (Å²) in [4.78, 5) is 10.4. The van der Waals surface area contributed by atoms with Crippen molar-refractivity contribution in [1.29, 1.82) is 0 Å². The molecule has 3 heteroatoms. The van der Waals surface area contributed by atoms with Crippen LogP contribution in [0.1, 0.15) is 17.5 Å². The van der Waals surface area contributed by atoms with Crippen LogP contribution in [-0.4, -0.2) is 17.6 Å². The number of carbonyl (C=O) groups is 1. The summed E-state index contributed by atoms with van der Waals surface area (Å²) in [6.45, 7) is 0.560. The molecule has 0 aliphatic rings. The maximum Gasteiger partial charge on any atom is 0.307 e. The van der Waals surface area contributed by atoms with Crippen LogP contribution >= 0.6 is 0 Å². The van der Waals surface area contributed by atoms with Gasteiger partial charge in [-0.1, -0.05) is 24.0 Å². The molecule has 78 valence electrons. The lowest BCUT2D eigenvalue weighted by Gasteiger charge is -1.96. The van der Waals surface area contributed by atoms with Gasteiger partial charge in [-0.25, -0.2) is 0 Å². The third kappa shape index (κ3) is 4.30. The fraction of sp³-hybridized carbons (Fsp3) is 0.250. The van der Waals surface area contributed by atoms with Gasteiger partial charge in [-0.15, -0.1) is 0 Å². The van der Waals surface area contributed by atoms with Crippen molar-refractivity contribution in [3.8, 4) is 11.8 Å². The minimum atomic E-state index is -0.822. The minimum absolute atomic E-state index is 0.0521. The Labute approximate surface area is 88.9 Å². The van der Waals surface area contributed by atoms with Crippen molar-refractivity contribution < 1.29 is 9.90 Å². The molecule has 0 atom stereocenters. The number of carboxylic acids is 1. The maximum atomic E-state index is 10.4. The lowest BCUT2D eigenvalue weighted by Crippen LogP contribution is -1.99. The lowest BCUT2D eigenvalue weighted by atomic mass is 10.1. The molecular formula is C12H13NO2. The molecule has 1 aromatic carbocycles. The molecule has 1 rings (SSSR count). The first-order chi connectivity index (χ1) is 7.22. The zero-order chi connectivity index (χ0) is 11.1. The van der Waals surface area contributed by atoms with Crippen molar-refractivity contribution >= 4 is 5.97 Å². The van der Waals surface area contributed by atoms with Crippen LogP contribution in [0.2, 0.25) is 0 Å². The SMILES string of the molecule is NCCC#Cc1ccc(CC(=O)O)cc1. The Morgan fingerprint density at radius 1 is 1.33 bits per heavy atom. The molecule has 3 N–H and O–H groups in total. The summed E-state index contributed by atoms with van der Waals surface area (Å²) in [5, 5.41) is 8.57. The lowest BCUT2D eigenvalue weighted by molar-refractivity contribution is -0.136. The number of carboxylic acid groups (broad SMARTS) is 1. The first-order valence-electron chi connectivity index (χ1n) is 4.72. The van der Waals surface area contributed by atoms with E-state index in [1.165, 1.54) is 0 Å². The Bertz CT molecular complexity index is 384. The minimum Gasteiger partial charge on any atom is -0.481 e. The van der Waals surface area contributed by atoms with E-state index in [4.69, 9.17) is 10.8 Å². The highest BCUT2D eigenvalue weighted by atomic mass is 16.4. The van der Waals surface area contributed by atoms with E-state index in [1.807, 2.05) is 12.1 Å². The van der Waals surface area contributed by atoms with Gasteiger partial charge in [0.1, 0.15) is 0 Å². The van der Waals surface area contributed by atoms with Gasteiger partial charge in [0.2, 0.25) is 0 Å². The van der Waals surface area contributed by atoms with Crippen LogP contribution in [0.3, 0.4) is 0 Å². The van der Waals surface area contributed by atoms with Gasteiger partial charge in [0, 0.05) is 18.5 Å². The van der Waals surface area contributed by atoms with E-state index in [9.17, 15) is 4.79 Å². The second kappa shape index (κ2) is 5.84. The largest absolute Gasteiger partial charge is 0.481 e. The molecule has 0 fully saturated rings. The highest BCUT2D eigenvalue weighted by Gasteiger charge is 1.98. The zero-order valence-corrected chi connectivity index (χ0v) is 8.36. The van der Waals surface area contributed by atoms with Crippen LogP contribution in [0.5, 0.6) is 0 Å². The molecule has 0 radical (unpaired) electrons. The van der Waals surface area contributed by atoms with E-state index in [2.05, 4.69) is 11.8 Å². The molecule has 0 amide bonds. The topological polar surface area (TPSA) is 63.3 Å². The summed E-state index contributed by atoms with van der Waals surface area (Å²) in [5.41, 5.74) is 6.97. The summed E-state index contributed by atoms with van der Waals surface area (Å²) >= 11 is 0. The van der Waals surface area contributed by atoms with Crippen LogP contribution in [0.4, 0.5) is 0 Å². The van der Waals surface area contributed by atoms with Crippen LogP contribution < -0.4 is 5.73 Å². The Morgan fingerprint density at radius 2 is 2.00 bits per heavy atom. The summed E-state index contributed by atoms with van der Waals surface area (Å²) < 4.78 is 0. The number of hydrogen-bond donors (Lipinski definition) is 2. The molecule has 0 spiro atoms. The number of aliphatic carboxylic acids is 1. The number of hydrogen-bond acceptors (Lipinski definition) is 2. The van der Waals surface area contributed by atoms with Gasteiger partial charge < -0.3 is 10.8 Å². The maximum absolute atomic E-state index is 10.4. The first kappa shape index (κ1) is 11.3. The van der Waals surface area contributed by atoms with Crippen molar-refractivity contribution in [1.82, 2.24) is 0 Å². The molecule has 0 heterocycles. The molecule has 3 nitrogen and oxygen atoms in total. The highest BCUT2D eigenvalue weighted by molar-refractivity contribution is 5.70. The van der Waals surface area contributed by atoms with Crippen LogP contribution in [0, 0.1) is 11.8 Å². The van der Waals surface area contributed by atoms with Crippen molar-refractivity contribution in [2.45, 2.75) is 12.8 Å². The van der Waals surface area contributed by atoms with E-state index in [1.54, 1.807) is 12.1 Å². The molecule has 0 unspecified atom stereocenters. The third-order valence-electron chi connectivity index (χ3n) is 1.81. The fourth-order valence-electron chi connectivity index (χ4n) is 1.12. The van der Waals surface area contributed by atoms with E-state index in [0.29, 0.717) is 13.0 Å². The number of rotatable bonds is 3. The molecule has 0 bridgehead atoms. The standard InChI is InChI=1S/C12H13NO2/c13-8-2-1-3-10-4-6-11(7-5-10)9-12(14)15/h4-7H,2,8-9,13H2,(H,14,15). The summed E-state index contributed by atoms with van der Waals surface area (Å²) in [6, 6.07) is 7.20. The Balaban J connectivity index is 2.65. The Morgan fingerprint density at radius 3 is 2.53 bits per heavy atom. The number of benzene rings is 1. The molecule has 0 aliphatic carbocycles. The zero-order valence-electron chi connectivity index (χ0n) is 8.36. The predicted molar refractivity (Wildman–Crippen MR) is 58.3 cm³/mol. The van der Waals surface area contributed by atoms with Gasteiger partial charge in [-0.2, -0.15) is 0 Å². The quantitative estimate of drug-likeness (QED) is 0.721. The monoisotopic (exact) mass is 203 g/mol. The van der Waals surface area contributed by atoms with Crippen molar-refractivity contribution in [3.63, 3.8) is 0 Å². The van der Waals surface area contributed by atoms with Crippen LogP contribution in [0.25, 0.3) is 0 Å². The van der Waals surface area contributed by atoms with Crippen molar-refractivity contribution in [3.05, 3.63) is 35.4 Å². The fourth-order valence-corrected chi connectivity index (χ4v) is 1.12. The van der Waals surface area contributed by atoms with Crippen molar-refractivity contribution in [2.24, 2.45) is 5.73 Å². The van der Waals surface area contributed by atoms with E-state index in [0.717, 1.165) is 11.1 Å². The predicted octanol–water partition coefficient (Wildman–Crippen LogP) is 1.01. The molecule has 1 aromatic rings. The summed E-state index contributed by atoms with van der Waals surface area (Å²) in [7, 11) is 0. The molecule has 0 aromatic heterocycles. The molecule has 0 aliphatic heterocycles. The van der Waals surface area contributed by atoms with Gasteiger partial charge in [-0.3, -0.25) is 4.79 Å². The summed E-state index contributed by atoms with van der Waals surface area (Å²) in [5.74, 6) is 5.05. The normalized spacial score (nSPS) is 9.13. The Kier molecular flexibility index (Phi) is 4.39. The first-order valence-corrected chi connectivity index (χ1v) is 4.72. The van der Waals surface area contributed by atoms with Crippen LogP contribution in [-0.2, 0) is 11.2 Å². The summed E-state index contributed by atoms with van der Waals surface area (Å²) in [6.07, 6.45) is 0.730. The highest BCUT2D eigenvalue weighted by Crippen LogP contribution is 2.04. The molecular weight excluding hydrogens is 190 g/mol. The van der Waals surface area contributed by atoms with Gasteiger partial charge in [0.25, 0.3) is 0 Å². The average molecular weight is 203 g/mol. The second-order valence-corrected chi connectivity index (χ2v) is 3.11. The Hall–Kier alpha value is -1.79. The van der Waals surface area contributed by atoms with Crippen LogP contribution in [0.15, 0.2) is 24.3 Å². The molecule has 0 saturated carbocycles. The van der Waals surface area contributed by atoms with E-state index < -0.39 is 5.97 Å². The number of nitrogens with two attached hydrogens (primary N) is 1. The average Bonchev–Trinajstić information content (AvgIpc) is 2.20. The van der Waals surface area contributed by atoms with E-state index in [-0.39, 0.29) is 6.42 Å². The molecule has 0 saturated heterocycles. The van der Waals surface area contributed by atoms with Gasteiger partial charge in [-0.05, 0) is 17.7 Å². The van der Waals surface area contributed by atoms with Gasteiger partial charge in [0.15, 0.2) is 0 Å². The van der Waals surface area contributed by atoms with E-state index >= 15 is 0 Å². The molecule has 15 heavy (non-hydrogen) atoms. The van der Waals surface area contributed by atoms with Crippen molar-refractivity contribution in [2.75, 3.05) is 6.54 Å². The third-order valence-corrected chi connectivity index (χ3v) is 1.81. The smallest absolute Gasteiger partial charge is 0.307 e.